The molecule has 2 N–H and O–H groups in total. The fourth-order valence-corrected chi connectivity index (χ4v) is 3.70. The first-order valence-electron chi connectivity index (χ1n) is 11.3. The van der Waals surface area contributed by atoms with E-state index < -0.39 is 0 Å². The standard InChI is InChI=1S/C24H16ClN7.C2H6.C2H4/c25-11-15-3-5-18(6-4-15)32-23(19-2-1-9-29-22(19)27)31-21-8-7-20(30-24(21)32)17-10-16(12-26)13-28-14-17;2*1-2/h1-10,13-14H,11H2,(H2,27,29);1-2H3;1-2H2. The molecule has 0 fully saturated rings. The minimum absolute atomic E-state index is 0.382. The van der Waals surface area contributed by atoms with Crippen molar-refractivity contribution in [2.24, 2.45) is 0 Å². The lowest BCUT2D eigenvalue weighted by molar-refractivity contribution is 1.07. The molecule has 0 atom stereocenters. The van der Waals surface area contributed by atoms with Crippen molar-refractivity contribution < 1.29 is 0 Å². The third-order valence-electron chi connectivity index (χ3n) is 5.10. The first-order chi connectivity index (χ1) is 17.7. The summed E-state index contributed by atoms with van der Waals surface area (Å²) in [5, 5.41) is 9.22. The van der Waals surface area contributed by atoms with Crippen LogP contribution in [0.1, 0.15) is 25.0 Å². The summed E-state index contributed by atoms with van der Waals surface area (Å²) >= 11 is 5.98. The van der Waals surface area contributed by atoms with Gasteiger partial charge >= 0.3 is 0 Å². The van der Waals surface area contributed by atoms with Gasteiger partial charge in [-0.1, -0.05) is 26.0 Å². The molecule has 0 bridgehead atoms. The van der Waals surface area contributed by atoms with Gasteiger partial charge in [-0.05, 0) is 48.0 Å². The summed E-state index contributed by atoms with van der Waals surface area (Å²) < 4.78 is 1.95. The number of pyridine rings is 3. The van der Waals surface area contributed by atoms with Crippen LogP contribution in [0.2, 0.25) is 0 Å². The molecule has 1 aromatic carbocycles. The Hall–Kier alpha value is -4.54. The van der Waals surface area contributed by atoms with E-state index in [1.165, 1.54) is 6.20 Å². The maximum atomic E-state index is 9.22. The summed E-state index contributed by atoms with van der Waals surface area (Å²) in [5.74, 6) is 1.45. The van der Waals surface area contributed by atoms with E-state index in [4.69, 9.17) is 27.3 Å². The van der Waals surface area contributed by atoms with Crippen molar-refractivity contribution in [3.05, 3.63) is 97.5 Å². The number of imidazole rings is 1. The molecule has 180 valence electrons. The van der Waals surface area contributed by atoms with Gasteiger partial charge in [-0.2, -0.15) is 5.26 Å². The van der Waals surface area contributed by atoms with Crippen molar-refractivity contribution in [1.82, 2.24) is 24.5 Å². The number of alkyl halides is 1. The van der Waals surface area contributed by atoms with Gasteiger partial charge in [-0.15, -0.1) is 24.8 Å². The number of nitriles is 1. The number of nitrogen functional groups attached to an aromatic ring is 1. The fourth-order valence-electron chi connectivity index (χ4n) is 3.53. The smallest absolute Gasteiger partial charge is 0.165 e. The van der Waals surface area contributed by atoms with E-state index in [1.807, 2.05) is 66.9 Å². The normalized spacial score (nSPS) is 9.94. The number of nitrogens with two attached hydrogens (primary N) is 1. The van der Waals surface area contributed by atoms with Crippen LogP contribution in [0.4, 0.5) is 5.82 Å². The Bertz CT molecular complexity index is 1500. The van der Waals surface area contributed by atoms with Crippen molar-refractivity contribution in [3.63, 3.8) is 0 Å². The highest BCUT2D eigenvalue weighted by Crippen LogP contribution is 2.31. The zero-order valence-electron chi connectivity index (χ0n) is 20.2. The molecule has 0 saturated carbocycles. The van der Waals surface area contributed by atoms with E-state index in [0.717, 1.165) is 16.8 Å². The highest BCUT2D eigenvalue weighted by molar-refractivity contribution is 6.17. The van der Waals surface area contributed by atoms with Crippen LogP contribution in [0.5, 0.6) is 0 Å². The van der Waals surface area contributed by atoms with E-state index in [1.54, 1.807) is 18.5 Å². The van der Waals surface area contributed by atoms with Gasteiger partial charge in [0.1, 0.15) is 17.4 Å². The Morgan fingerprint density at radius 1 is 1.03 bits per heavy atom. The first-order valence-corrected chi connectivity index (χ1v) is 11.8. The fraction of sp³-hybridized carbons (Fsp3) is 0.107. The molecule has 5 aromatic rings. The number of anilines is 1. The monoisotopic (exact) mass is 495 g/mol. The number of fused-ring (bicyclic) bond motifs is 1. The largest absolute Gasteiger partial charge is 0.383 e. The summed E-state index contributed by atoms with van der Waals surface area (Å²) in [7, 11) is 0. The van der Waals surface area contributed by atoms with Crippen molar-refractivity contribution >= 4 is 28.6 Å². The van der Waals surface area contributed by atoms with Crippen molar-refractivity contribution in [1.29, 1.82) is 5.26 Å². The molecule has 0 spiro atoms. The molecule has 0 radical (unpaired) electrons. The quantitative estimate of drug-likeness (QED) is 0.223. The highest BCUT2D eigenvalue weighted by Gasteiger charge is 2.18. The van der Waals surface area contributed by atoms with E-state index in [2.05, 4.69) is 29.2 Å². The number of halogens is 1. The van der Waals surface area contributed by atoms with Gasteiger partial charge in [-0.3, -0.25) is 9.55 Å². The zero-order valence-corrected chi connectivity index (χ0v) is 20.9. The minimum Gasteiger partial charge on any atom is -0.383 e. The summed E-state index contributed by atoms with van der Waals surface area (Å²) in [6.45, 7) is 10.0. The average molecular weight is 496 g/mol. The molecule has 4 aromatic heterocycles. The molecule has 0 aliphatic rings. The number of nitrogens with zero attached hydrogens (tertiary/aromatic N) is 6. The number of benzene rings is 1. The summed E-state index contributed by atoms with van der Waals surface area (Å²) in [5.41, 5.74) is 12.0. The molecule has 5 rings (SSSR count). The predicted octanol–water partition coefficient (Wildman–Crippen LogP) is 6.57. The van der Waals surface area contributed by atoms with Crippen LogP contribution in [-0.2, 0) is 5.88 Å². The van der Waals surface area contributed by atoms with E-state index in [0.29, 0.717) is 45.5 Å². The molecular weight excluding hydrogens is 470 g/mol. The lowest BCUT2D eigenvalue weighted by atomic mass is 10.1. The van der Waals surface area contributed by atoms with Crippen molar-refractivity contribution in [3.8, 4) is 34.4 Å². The molecule has 0 aliphatic carbocycles. The van der Waals surface area contributed by atoms with E-state index in [-0.39, 0.29) is 0 Å². The lowest BCUT2D eigenvalue weighted by Gasteiger charge is -2.11. The van der Waals surface area contributed by atoms with Crippen LogP contribution in [0.3, 0.4) is 0 Å². The predicted molar refractivity (Wildman–Crippen MR) is 147 cm³/mol. The highest BCUT2D eigenvalue weighted by atomic mass is 35.5. The maximum Gasteiger partial charge on any atom is 0.165 e. The second-order valence-electron chi connectivity index (χ2n) is 7.12. The van der Waals surface area contributed by atoms with Gasteiger partial charge in [0, 0.05) is 35.7 Å². The van der Waals surface area contributed by atoms with Gasteiger partial charge in [0.2, 0.25) is 0 Å². The lowest BCUT2D eigenvalue weighted by Crippen LogP contribution is -2.02. The zero-order chi connectivity index (χ0) is 26.1. The Morgan fingerprint density at radius 2 is 1.78 bits per heavy atom. The summed E-state index contributed by atoms with van der Waals surface area (Å²) in [4.78, 5) is 18.1. The Kier molecular flexibility index (Phi) is 8.87. The molecule has 0 unspecified atom stereocenters. The summed E-state index contributed by atoms with van der Waals surface area (Å²) in [6, 6.07) is 19.2. The Balaban J connectivity index is 0.000000861. The van der Waals surface area contributed by atoms with Gasteiger partial charge < -0.3 is 5.73 Å². The molecule has 7 nitrogen and oxygen atoms in total. The van der Waals surface area contributed by atoms with Crippen LogP contribution in [0.25, 0.3) is 39.5 Å². The summed E-state index contributed by atoms with van der Waals surface area (Å²) in [6.07, 6.45) is 4.85. The third kappa shape index (κ3) is 5.24. The molecule has 36 heavy (non-hydrogen) atoms. The van der Waals surface area contributed by atoms with Crippen molar-refractivity contribution in [2.75, 3.05) is 5.73 Å². The van der Waals surface area contributed by atoms with Crippen LogP contribution in [0.15, 0.2) is 86.3 Å². The van der Waals surface area contributed by atoms with Crippen LogP contribution < -0.4 is 5.73 Å². The van der Waals surface area contributed by atoms with Gasteiger partial charge in [0.25, 0.3) is 0 Å². The van der Waals surface area contributed by atoms with Gasteiger partial charge in [0.15, 0.2) is 11.5 Å². The maximum absolute atomic E-state index is 9.22. The van der Waals surface area contributed by atoms with Crippen molar-refractivity contribution in [2.45, 2.75) is 19.7 Å². The van der Waals surface area contributed by atoms with Crippen LogP contribution in [0, 0.1) is 11.3 Å². The van der Waals surface area contributed by atoms with Crippen LogP contribution >= 0.6 is 11.6 Å². The minimum atomic E-state index is 0.382. The topological polar surface area (TPSA) is 106 Å². The molecule has 0 aliphatic heterocycles. The SMILES string of the molecule is C=C.CC.N#Cc1cncc(-c2ccc3nc(-c4cccnc4N)n(-c4ccc(CCl)cc4)c3n2)c1. The number of aromatic nitrogens is 5. The first kappa shape index (κ1) is 26.1. The number of hydrogen-bond acceptors (Lipinski definition) is 6. The molecule has 0 saturated heterocycles. The van der Waals surface area contributed by atoms with Crippen LogP contribution in [-0.4, -0.2) is 24.5 Å². The third-order valence-corrected chi connectivity index (χ3v) is 5.40. The molecular formula is C28H26ClN7. The van der Waals surface area contributed by atoms with Gasteiger partial charge in [0.05, 0.1) is 16.8 Å². The van der Waals surface area contributed by atoms with E-state index >= 15 is 0 Å². The molecule has 4 heterocycles. The molecule has 8 heteroatoms. The van der Waals surface area contributed by atoms with Gasteiger partial charge in [-0.25, -0.2) is 15.0 Å². The van der Waals surface area contributed by atoms with E-state index in [9.17, 15) is 5.26 Å². The second kappa shape index (κ2) is 12.2. The Morgan fingerprint density at radius 3 is 2.44 bits per heavy atom. The second-order valence-corrected chi connectivity index (χ2v) is 7.39. The number of hydrogen-bond donors (Lipinski definition) is 1. The molecule has 0 amide bonds. The Labute approximate surface area is 215 Å². The number of rotatable bonds is 4. The average Bonchev–Trinajstić information content (AvgIpc) is 3.34.